The minimum absolute atomic E-state index is 0.531. The van der Waals surface area contributed by atoms with Gasteiger partial charge in [-0.15, -0.1) is 0 Å². The lowest BCUT2D eigenvalue weighted by Crippen LogP contribution is -2.27. The molecule has 0 aromatic heterocycles. The number of hydrogen-bond donors (Lipinski definition) is 1. The van der Waals surface area contributed by atoms with Gasteiger partial charge in [0.05, 0.1) is 12.1 Å². The molecule has 0 aliphatic carbocycles. The van der Waals surface area contributed by atoms with Gasteiger partial charge in [-0.05, 0) is 50.4 Å². The molecule has 1 N–H and O–H groups in total. The quantitative estimate of drug-likeness (QED) is 0.856. The fourth-order valence-electron chi connectivity index (χ4n) is 2.35. The van der Waals surface area contributed by atoms with Crippen LogP contribution in [0.5, 0.6) is 5.75 Å². The highest BCUT2D eigenvalue weighted by atomic mass is 35.5. The van der Waals surface area contributed by atoms with Crippen molar-refractivity contribution in [3.05, 3.63) is 28.3 Å². The maximum Gasteiger partial charge on any atom is 0.123 e. The smallest absolute Gasteiger partial charge is 0.123 e. The minimum atomic E-state index is 0.531. The van der Waals surface area contributed by atoms with Crippen LogP contribution in [0, 0.1) is 6.92 Å². The van der Waals surface area contributed by atoms with Gasteiger partial charge in [0.15, 0.2) is 0 Å². The summed E-state index contributed by atoms with van der Waals surface area (Å²) in [5.41, 5.74) is 2.33. The highest BCUT2D eigenvalue weighted by molar-refractivity contribution is 6.32. The van der Waals surface area contributed by atoms with Gasteiger partial charge in [0.2, 0.25) is 0 Å². The van der Waals surface area contributed by atoms with Crippen LogP contribution in [-0.4, -0.2) is 20.2 Å². The van der Waals surface area contributed by atoms with Crippen LogP contribution in [0.3, 0.4) is 0 Å². The number of rotatable bonds is 2. The summed E-state index contributed by atoms with van der Waals surface area (Å²) in [4.78, 5) is 0. The molecule has 0 unspecified atom stereocenters. The van der Waals surface area contributed by atoms with Crippen molar-refractivity contribution >= 4 is 11.6 Å². The van der Waals surface area contributed by atoms with Gasteiger partial charge in [0, 0.05) is 5.56 Å². The fraction of sp³-hybridized carbons (Fsp3) is 0.538. The zero-order valence-corrected chi connectivity index (χ0v) is 10.6. The minimum Gasteiger partial charge on any atom is -0.496 e. The van der Waals surface area contributed by atoms with E-state index < -0.39 is 0 Å². The van der Waals surface area contributed by atoms with Crippen molar-refractivity contribution in [1.82, 2.24) is 5.32 Å². The van der Waals surface area contributed by atoms with E-state index in [-0.39, 0.29) is 0 Å². The highest BCUT2D eigenvalue weighted by Gasteiger charge is 2.22. The van der Waals surface area contributed by atoms with Gasteiger partial charge in [-0.1, -0.05) is 17.7 Å². The van der Waals surface area contributed by atoms with E-state index in [9.17, 15) is 0 Å². The molecule has 0 spiro atoms. The topological polar surface area (TPSA) is 21.3 Å². The normalized spacial score (nSPS) is 17.4. The van der Waals surface area contributed by atoms with Crippen molar-refractivity contribution in [2.24, 2.45) is 0 Å². The third-order valence-electron chi connectivity index (χ3n) is 3.30. The van der Waals surface area contributed by atoms with Gasteiger partial charge in [-0.3, -0.25) is 0 Å². The SMILES string of the molecule is COc1ccc(C)c(Cl)c1C1CCNCC1. The molecule has 3 heteroatoms. The van der Waals surface area contributed by atoms with E-state index in [0.717, 1.165) is 42.3 Å². The second kappa shape index (κ2) is 5.07. The predicted octanol–water partition coefficient (Wildman–Crippen LogP) is 3.12. The molecule has 0 saturated carbocycles. The standard InChI is InChI=1S/C13H18ClNO/c1-9-3-4-11(16-2)12(13(9)14)10-5-7-15-8-6-10/h3-4,10,15H,5-8H2,1-2H3. The van der Waals surface area contributed by atoms with E-state index in [4.69, 9.17) is 16.3 Å². The lowest BCUT2D eigenvalue weighted by Gasteiger charge is -2.26. The van der Waals surface area contributed by atoms with Crippen LogP contribution in [-0.2, 0) is 0 Å². The summed E-state index contributed by atoms with van der Waals surface area (Å²) in [6.45, 7) is 4.18. The van der Waals surface area contributed by atoms with Gasteiger partial charge >= 0.3 is 0 Å². The van der Waals surface area contributed by atoms with Gasteiger partial charge < -0.3 is 10.1 Å². The molecule has 0 atom stereocenters. The van der Waals surface area contributed by atoms with Crippen LogP contribution in [0.15, 0.2) is 12.1 Å². The largest absolute Gasteiger partial charge is 0.496 e. The molecule has 2 rings (SSSR count). The Balaban J connectivity index is 2.39. The fourth-order valence-corrected chi connectivity index (χ4v) is 2.66. The van der Waals surface area contributed by atoms with Crippen LogP contribution < -0.4 is 10.1 Å². The maximum absolute atomic E-state index is 6.41. The van der Waals surface area contributed by atoms with E-state index in [2.05, 4.69) is 5.32 Å². The van der Waals surface area contributed by atoms with Crippen molar-refractivity contribution in [2.75, 3.05) is 20.2 Å². The summed E-state index contributed by atoms with van der Waals surface area (Å²) in [6.07, 6.45) is 2.28. The van der Waals surface area contributed by atoms with Crippen molar-refractivity contribution in [2.45, 2.75) is 25.7 Å². The molecule has 88 valence electrons. The van der Waals surface area contributed by atoms with Crippen molar-refractivity contribution in [1.29, 1.82) is 0 Å². The number of aryl methyl sites for hydroxylation is 1. The number of methoxy groups -OCH3 is 1. The average Bonchev–Trinajstić information content (AvgIpc) is 2.33. The van der Waals surface area contributed by atoms with Crippen LogP contribution in [0.25, 0.3) is 0 Å². The lowest BCUT2D eigenvalue weighted by molar-refractivity contribution is 0.391. The Bertz CT molecular complexity index is 372. The molecule has 0 amide bonds. The maximum atomic E-state index is 6.41. The number of piperidine rings is 1. The van der Waals surface area contributed by atoms with Crippen LogP contribution in [0.2, 0.25) is 5.02 Å². The first-order chi connectivity index (χ1) is 7.74. The number of hydrogen-bond acceptors (Lipinski definition) is 2. The molecular formula is C13H18ClNO. The number of ether oxygens (including phenoxy) is 1. The van der Waals surface area contributed by atoms with Crippen molar-refractivity contribution in [3.63, 3.8) is 0 Å². The number of halogens is 1. The summed E-state index contributed by atoms with van der Waals surface area (Å²) in [5, 5.41) is 4.25. The average molecular weight is 240 g/mol. The molecule has 1 heterocycles. The second-order valence-electron chi connectivity index (χ2n) is 4.34. The van der Waals surface area contributed by atoms with Crippen molar-refractivity contribution in [3.8, 4) is 5.75 Å². The molecule has 1 aliphatic heterocycles. The summed E-state index contributed by atoms with van der Waals surface area (Å²) in [7, 11) is 1.71. The van der Waals surface area contributed by atoms with Gasteiger partial charge in [0.1, 0.15) is 5.75 Å². The third-order valence-corrected chi connectivity index (χ3v) is 3.80. The molecular weight excluding hydrogens is 222 g/mol. The van der Waals surface area contributed by atoms with Gasteiger partial charge in [-0.2, -0.15) is 0 Å². The van der Waals surface area contributed by atoms with Crippen molar-refractivity contribution < 1.29 is 4.74 Å². The van der Waals surface area contributed by atoms with E-state index >= 15 is 0 Å². The highest BCUT2D eigenvalue weighted by Crippen LogP contribution is 2.39. The molecule has 1 aromatic rings. The van der Waals surface area contributed by atoms with Crippen LogP contribution >= 0.6 is 11.6 Å². The Labute approximate surface area is 102 Å². The summed E-state index contributed by atoms with van der Waals surface area (Å²) >= 11 is 6.41. The van der Waals surface area contributed by atoms with E-state index in [0.29, 0.717) is 5.92 Å². The Morgan fingerprint density at radius 2 is 2.00 bits per heavy atom. The molecule has 0 bridgehead atoms. The molecule has 1 saturated heterocycles. The summed E-state index contributed by atoms with van der Waals surface area (Å²) < 4.78 is 5.43. The first-order valence-corrected chi connectivity index (χ1v) is 6.15. The Hall–Kier alpha value is -0.730. The molecule has 1 aromatic carbocycles. The first-order valence-electron chi connectivity index (χ1n) is 5.77. The number of benzene rings is 1. The summed E-state index contributed by atoms with van der Waals surface area (Å²) in [5.74, 6) is 1.46. The Morgan fingerprint density at radius 1 is 1.31 bits per heavy atom. The van der Waals surface area contributed by atoms with Crippen LogP contribution in [0.1, 0.15) is 29.9 Å². The second-order valence-corrected chi connectivity index (χ2v) is 4.71. The Morgan fingerprint density at radius 3 is 2.62 bits per heavy atom. The molecule has 1 aliphatic rings. The molecule has 16 heavy (non-hydrogen) atoms. The van der Waals surface area contributed by atoms with E-state index in [1.807, 2.05) is 19.1 Å². The van der Waals surface area contributed by atoms with E-state index in [1.54, 1.807) is 7.11 Å². The zero-order chi connectivity index (χ0) is 11.5. The van der Waals surface area contributed by atoms with Crippen LogP contribution in [0.4, 0.5) is 0 Å². The van der Waals surface area contributed by atoms with Gasteiger partial charge in [-0.25, -0.2) is 0 Å². The Kier molecular flexibility index (Phi) is 3.72. The first kappa shape index (κ1) is 11.7. The predicted molar refractivity (Wildman–Crippen MR) is 67.6 cm³/mol. The molecule has 2 nitrogen and oxygen atoms in total. The monoisotopic (exact) mass is 239 g/mol. The summed E-state index contributed by atoms with van der Waals surface area (Å²) in [6, 6.07) is 4.05. The number of nitrogens with one attached hydrogen (secondary N) is 1. The van der Waals surface area contributed by atoms with Gasteiger partial charge in [0.25, 0.3) is 0 Å². The zero-order valence-electron chi connectivity index (χ0n) is 9.85. The molecule has 0 radical (unpaired) electrons. The van der Waals surface area contributed by atoms with E-state index in [1.165, 1.54) is 5.56 Å². The molecule has 1 fully saturated rings. The third kappa shape index (κ3) is 2.18. The lowest BCUT2D eigenvalue weighted by atomic mass is 9.88.